The molecule has 3 heterocycles. The second-order valence-electron chi connectivity index (χ2n) is 6.22. The quantitative estimate of drug-likeness (QED) is 0.762. The van der Waals surface area contributed by atoms with Crippen LogP contribution in [0.15, 0.2) is 18.5 Å². The van der Waals surface area contributed by atoms with Crippen molar-refractivity contribution in [3.63, 3.8) is 0 Å². The van der Waals surface area contributed by atoms with Crippen LogP contribution >= 0.6 is 0 Å². The van der Waals surface area contributed by atoms with Gasteiger partial charge in [0.15, 0.2) is 0 Å². The molecule has 4 rings (SSSR count). The number of hydrogen-bond acceptors (Lipinski definition) is 5. The van der Waals surface area contributed by atoms with Gasteiger partial charge in [-0.25, -0.2) is 4.98 Å². The molecule has 0 unspecified atom stereocenters. The van der Waals surface area contributed by atoms with Crippen LogP contribution in [-0.4, -0.2) is 41.8 Å². The molecule has 0 aliphatic heterocycles. The van der Waals surface area contributed by atoms with Gasteiger partial charge in [0.05, 0.1) is 12.2 Å². The summed E-state index contributed by atoms with van der Waals surface area (Å²) in [5, 5.41) is 11.4. The number of hydrogen-bond donors (Lipinski definition) is 1. The van der Waals surface area contributed by atoms with Crippen molar-refractivity contribution in [1.29, 1.82) is 0 Å². The standard InChI is InChI=1S/C16H19N7O/c1-10-7-11(2)22(21-10)6-5-17-15(24)14-8-13(12-3-4-12)20-16-18-9-19-23(14)16/h7-9,12H,3-6H2,1-2H3,(H,17,24). The first kappa shape index (κ1) is 14.8. The van der Waals surface area contributed by atoms with Gasteiger partial charge in [-0.3, -0.25) is 9.48 Å². The van der Waals surface area contributed by atoms with Crippen molar-refractivity contribution in [1.82, 2.24) is 34.7 Å². The fraction of sp³-hybridized carbons (Fsp3) is 0.438. The van der Waals surface area contributed by atoms with Crippen molar-refractivity contribution in [2.75, 3.05) is 6.54 Å². The van der Waals surface area contributed by atoms with Crippen LogP contribution in [0.2, 0.25) is 0 Å². The van der Waals surface area contributed by atoms with Crippen molar-refractivity contribution < 1.29 is 4.79 Å². The van der Waals surface area contributed by atoms with Crippen LogP contribution < -0.4 is 5.32 Å². The lowest BCUT2D eigenvalue weighted by Gasteiger charge is -2.09. The number of carbonyl (C=O) groups is 1. The highest BCUT2D eigenvalue weighted by Gasteiger charge is 2.27. The van der Waals surface area contributed by atoms with Gasteiger partial charge in [-0.1, -0.05) is 0 Å². The van der Waals surface area contributed by atoms with Crippen molar-refractivity contribution in [3.05, 3.63) is 41.2 Å². The largest absolute Gasteiger partial charge is 0.349 e. The Morgan fingerprint density at radius 3 is 2.88 bits per heavy atom. The third-order valence-corrected chi connectivity index (χ3v) is 4.21. The lowest BCUT2D eigenvalue weighted by atomic mass is 10.2. The van der Waals surface area contributed by atoms with E-state index in [2.05, 4.69) is 25.5 Å². The van der Waals surface area contributed by atoms with Crippen molar-refractivity contribution >= 4 is 11.7 Å². The lowest BCUT2D eigenvalue weighted by molar-refractivity contribution is 0.0944. The van der Waals surface area contributed by atoms with E-state index in [4.69, 9.17) is 0 Å². The summed E-state index contributed by atoms with van der Waals surface area (Å²) in [5.74, 6) is 0.757. The molecular weight excluding hydrogens is 306 g/mol. The average Bonchev–Trinajstić information content (AvgIpc) is 3.21. The molecule has 1 saturated carbocycles. The molecule has 0 atom stereocenters. The second-order valence-corrected chi connectivity index (χ2v) is 6.22. The highest BCUT2D eigenvalue weighted by Crippen LogP contribution is 2.39. The van der Waals surface area contributed by atoms with E-state index in [-0.39, 0.29) is 5.91 Å². The molecule has 0 aromatic carbocycles. The van der Waals surface area contributed by atoms with Gasteiger partial charge in [0.2, 0.25) is 0 Å². The maximum Gasteiger partial charge on any atom is 0.270 e. The van der Waals surface area contributed by atoms with Gasteiger partial charge in [-0.2, -0.15) is 19.7 Å². The third-order valence-electron chi connectivity index (χ3n) is 4.21. The molecule has 1 aliphatic carbocycles. The molecule has 1 N–H and O–H groups in total. The number of nitrogens with one attached hydrogen (secondary N) is 1. The summed E-state index contributed by atoms with van der Waals surface area (Å²) in [4.78, 5) is 21.2. The molecule has 1 aliphatic rings. The van der Waals surface area contributed by atoms with Crippen LogP contribution in [0.25, 0.3) is 5.78 Å². The van der Waals surface area contributed by atoms with Gasteiger partial charge >= 0.3 is 0 Å². The second kappa shape index (κ2) is 5.70. The number of aromatic nitrogens is 6. The highest BCUT2D eigenvalue weighted by atomic mass is 16.2. The molecular formula is C16H19N7O. The van der Waals surface area contributed by atoms with Crippen molar-refractivity contribution in [3.8, 4) is 0 Å². The van der Waals surface area contributed by atoms with E-state index in [0.29, 0.717) is 30.5 Å². The normalized spacial score (nSPS) is 14.2. The Morgan fingerprint density at radius 1 is 1.33 bits per heavy atom. The molecule has 3 aromatic rings. The fourth-order valence-electron chi connectivity index (χ4n) is 2.85. The first-order valence-corrected chi connectivity index (χ1v) is 8.12. The maximum atomic E-state index is 12.6. The van der Waals surface area contributed by atoms with Crippen molar-refractivity contribution in [2.24, 2.45) is 0 Å². The summed E-state index contributed by atoms with van der Waals surface area (Å²) in [6.07, 6.45) is 3.66. The Labute approximate surface area is 138 Å². The Bertz CT molecular complexity index is 906. The number of nitrogens with zero attached hydrogens (tertiary/aromatic N) is 6. The van der Waals surface area contributed by atoms with Gasteiger partial charge < -0.3 is 5.32 Å². The number of rotatable bonds is 5. The Hall–Kier alpha value is -2.77. The lowest BCUT2D eigenvalue weighted by Crippen LogP contribution is -2.29. The molecule has 124 valence electrons. The minimum Gasteiger partial charge on any atom is -0.349 e. The van der Waals surface area contributed by atoms with Gasteiger partial charge in [-0.05, 0) is 38.8 Å². The summed E-state index contributed by atoms with van der Waals surface area (Å²) < 4.78 is 3.38. The number of carbonyl (C=O) groups excluding carboxylic acids is 1. The third kappa shape index (κ3) is 2.75. The van der Waals surface area contributed by atoms with Crippen LogP contribution in [0.3, 0.4) is 0 Å². The molecule has 8 nitrogen and oxygen atoms in total. The zero-order valence-electron chi connectivity index (χ0n) is 13.7. The van der Waals surface area contributed by atoms with Crippen LogP contribution in [0.5, 0.6) is 0 Å². The van der Waals surface area contributed by atoms with Gasteiger partial charge in [-0.15, -0.1) is 0 Å². The van der Waals surface area contributed by atoms with Gasteiger partial charge in [0.25, 0.3) is 11.7 Å². The summed E-state index contributed by atoms with van der Waals surface area (Å²) in [5.41, 5.74) is 3.47. The van der Waals surface area contributed by atoms with E-state index in [1.54, 1.807) is 0 Å². The number of aryl methyl sites for hydroxylation is 2. The van der Waals surface area contributed by atoms with E-state index in [0.717, 1.165) is 29.9 Å². The topological polar surface area (TPSA) is 90.0 Å². The van der Waals surface area contributed by atoms with E-state index >= 15 is 0 Å². The van der Waals surface area contributed by atoms with Crippen molar-refractivity contribution in [2.45, 2.75) is 39.2 Å². The SMILES string of the molecule is Cc1cc(C)n(CCNC(=O)c2cc(C3CC3)nc3ncnn23)n1. The summed E-state index contributed by atoms with van der Waals surface area (Å²) in [7, 11) is 0. The zero-order chi connectivity index (χ0) is 16.7. The molecule has 0 bridgehead atoms. The molecule has 0 saturated heterocycles. The smallest absolute Gasteiger partial charge is 0.270 e. The van der Waals surface area contributed by atoms with E-state index in [9.17, 15) is 4.79 Å². The minimum absolute atomic E-state index is 0.170. The Morgan fingerprint density at radius 2 is 2.17 bits per heavy atom. The maximum absolute atomic E-state index is 12.6. The van der Waals surface area contributed by atoms with Crippen LogP contribution in [0.1, 0.15) is 46.3 Å². The van der Waals surface area contributed by atoms with Gasteiger partial charge in [0, 0.05) is 23.9 Å². The molecule has 8 heteroatoms. The first-order chi connectivity index (χ1) is 11.6. The van der Waals surface area contributed by atoms with Crippen LogP contribution in [0, 0.1) is 13.8 Å². The molecule has 0 radical (unpaired) electrons. The summed E-state index contributed by atoms with van der Waals surface area (Å²) in [6, 6.07) is 3.85. The number of amides is 1. The first-order valence-electron chi connectivity index (χ1n) is 8.12. The predicted molar refractivity (Wildman–Crippen MR) is 86.8 cm³/mol. The molecule has 1 fully saturated rings. The van der Waals surface area contributed by atoms with E-state index < -0.39 is 0 Å². The summed E-state index contributed by atoms with van der Waals surface area (Å²) in [6.45, 7) is 5.09. The Balaban J connectivity index is 1.50. The number of fused-ring (bicyclic) bond motifs is 1. The average molecular weight is 325 g/mol. The monoisotopic (exact) mass is 325 g/mol. The molecule has 0 spiro atoms. The van der Waals surface area contributed by atoms with Crippen LogP contribution in [0.4, 0.5) is 0 Å². The minimum atomic E-state index is -0.170. The molecule has 24 heavy (non-hydrogen) atoms. The fourth-order valence-corrected chi connectivity index (χ4v) is 2.85. The summed E-state index contributed by atoms with van der Waals surface area (Å²) >= 11 is 0. The van der Waals surface area contributed by atoms with E-state index in [1.165, 1.54) is 10.8 Å². The van der Waals surface area contributed by atoms with Crippen LogP contribution in [-0.2, 0) is 6.54 Å². The van der Waals surface area contributed by atoms with Gasteiger partial charge in [0.1, 0.15) is 12.0 Å². The van der Waals surface area contributed by atoms with E-state index in [1.807, 2.05) is 30.7 Å². The highest BCUT2D eigenvalue weighted by molar-refractivity contribution is 5.93. The molecule has 1 amide bonds. The zero-order valence-corrected chi connectivity index (χ0v) is 13.7. The predicted octanol–water partition coefficient (Wildman–Crippen LogP) is 1.25. The molecule has 3 aromatic heterocycles. The Kier molecular flexibility index (Phi) is 3.51.